The van der Waals surface area contributed by atoms with E-state index >= 15 is 0 Å². The monoisotopic (exact) mass is 276 g/mol. The Morgan fingerprint density at radius 2 is 2.11 bits per heavy atom. The van der Waals surface area contributed by atoms with Gasteiger partial charge in [-0.1, -0.05) is 6.07 Å². The predicted molar refractivity (Wildman–Crippen MR) is 71.4 cm³/mol. The quantitative estimate of drug-likeness (QED) is 0.766. The van der Waals surface area contributed by atoms with Crippen LogP contribution in [0.5, 0.6) is 0 Å². The van der Waals surface area contributed by atoms with Crippen LogP contribution in [0.15, 0.2) is 35.6 Å². The molecule has 6 nitrogen and oxygen atoms in total. The van der Waals surface area contributed by atoms with Crippen molar-refractivity contribution < 1.29 is 8.42 Å². The van der Waals surface area contributed by atoms with Gasteiger partial charge in [-0.05, 0) is 12.1 Å². The summed E-state index contributed by atoms with van der Waals surface area (Å²) in [6.07, 6.45) is 4.53. The van der Waals surface area contributed by atoms with E-state index in [0.717, 1.165) is 5.69 Å². The molecule has 0 amide bonds. The molecule has 1 aromatic carbocycles. The number of H-pyrrole nitrogens is 1. The topological polar surface area (TPSA) is 80.6 Å². The number of nitrogens with one attached hydrogen (secondary N) is 1. The lowest BCUT2D eigenvalue weighted by Gasteiger charge is -1.97. The fourth-order valence-electron chi connectivity index (χ4n) is 2.01. The van der Waals surface area contributed by atoms with E-state index in [9.17, 15) is 8.42 Å². The maximum absolute atomic E-state index is 11.7. The SMILES string of the molecule is Cn1cncc1-c1nc2c(S(C)(=O)=O)cccc2[nH]1. The van der Waals surface area contributed by atoms with Crippen molar-refractivity contribution in [2.75, 3.05) is 6.26 Å². The molecule has 3 aromatic rings. The highest BCUT2D eigenvalue weighted by Gasteiger charge is 2.16. The van der Waals surface area contributed by atoms with Gasteiger partial charge in [-0.3, -0.25) is 0 Å². The molecule has 0 aliphatic heterocycles. The summed E-state index contributed by atoms with van der Waals surface area (Å²) in [5.41, 5.74) is 1.95. The number of aromatic nitrogens is 4. The Hall–Kier alpha value is -2.15. The Morgan fingerprint density at radius 3 is 2.74 bits per heavy atom. The van der Waals surface area contributed by atoms with Gasteiger partial charge in [0.1, 0.15) is 11.2 Å². The molecule has 2 aromatic heterocycles. The van der Waals surface area contributed by atoms with E-state index in [2.05, 4.69) is 15.0 Å². The van der Waals surface area contributed by atoms with Crippen molar-refractivity contribution in [2.24, 2.45) is 7.05 Å². The molecule has 0 unspecified atom stereocenters. The molecule has 19 heavy (non-hydrogen) atoms. The van der Waals surface area contributed by atoms with Gasteiger partial charge >= 0.3 is 0 Å². The minimum absolute atomic E-state index is 0.231. The third-order valence-corrected chi connectivity index (χ3v) is 4.06. The summed E-state index contributed by atoms with van der Waals surface area (Å²) in [6, 6.07) is 5.06. The maximum Gasteiger partial charge on any atom is 0.177 e. The molecule has 2 heterocycles. The molecule has 1 N–H and O–H groups in total. The van der Waals surface area contributed by atoms with Crippen LogP contribution in [-0.2, 0) is 16.9 Å². The van der Waals surface area contributed by atoms with Crippen molar-refractivity contribution >= 4 is 20.9 Å². The van der Waals surface area contributed by atoms with Crippen LogP contribution in [0.4, 0.5) is 0 Å². The number of hydrogen-bond donors (Lipinski definition) is 1. The Labute approximate surface area is 110 Å². The van der Waals surface area contributed by atoms with E-state index in [1.54, 1.807) is 30.7 Å². The second-order valence-electron chi connectivity index (χ2n) is 4.40. The van der Waals surface area contributed by atoms with Crippen molar-refractivity contribution in [3.63, 3.8) is 0 Å². The van der Waals surface area contributed by atoms with Crippen molar-refractivity contribution in [1.29, 1.82) is 0 Å². The van der Waals surface area contributed by atoms with Crippen molar-refractivity contribution in [1.82, 2.24) is 19.5 Å². The lowest BCUT2D eigenvalue weighted by atomic mass is 10.3. The first-order chi connectivity index (χ1) is 8.97. The summed E-state index contributed by atoms with van der Waals surface area (Å²) in [5.74, 6) is 0.603. The maximum atomic E-state index is 11.7. The number of benzene rings is 1. The summed E-state index contributed by atoms with van der Waals surface area (Å²) in [6.45, 7) is 0. The lowest BCUT2D eigenvalue weighted by Crippen LogP contribution is -1.97. The number of hydrogen-bond acceptors (Lipinski definition) is 4. The molecule has 0 atom stereocenters. The summed E-state index contributed by atoms with van der Waals surface area (Å²) < 4.78 is 25.3. The Bertz CT molecular complexity index is 861. The number of fused-ring (bicyclic) bond motifs is 1. The molecule has 0 radical (unpaired) electrons. The first-order valence-electron chi connectivity index (χ1n) is 5.62. The first-order valence-corrected chi connectivity index (χ1v) is 7.51. The number of sulfone groups is 1. The van der Waals surface area contributed by atoms with Crippen molar-refractivity contribution in [2.45, 2.75) is 4.90 Å². The molecule has 0 saturated carbocycles. The Morgan fingerprint density at radius 1 is 1.32 bits per heavy atom. The summed E-state index contributed by atoms with van der Waals surface area (Å²) >= 11 is 0. The van der Waals surface area contributed by atoms with Crippen LogP contribution in [0.3, 0.4) is 0 Å². The van der Waals surface area contributed by atoms with Crippen LogP contribution < -0.4 is 0 Å². The summed E-state index contributed by atoms with van der Waals surface area (Å²) in [5, 5.41) is 0. The molecule has 0 aliphatic rings. The summed E-state index contributed by atoms with van der Waals surface area (Å²) in [7, 11) is -1.45. The van der Waals surface area contributed by atoms with Gasteiger partial charge < -0.3 is 9.55 Å². The predicted octanol–water partition coefficient (Wildman–Crippen LogP) is 1.37. The third kappa shape index (κ3) is 1.91. The normalized spacial score (nSPS) is 12.1. The largest absolute Gasteiger partial charge is 0.337 e. The second-order valence-corrected chi connectivity index (χ2v) is 6.38. The zero-order valence-corrected chi connectivity index (χ0v) is 11.3. The fourth-order valence-corrected chi connectivity index (χ4v) is 2.84. The number of nitrogens with zero attached hydrogens (tertiary/aromatic N) is 3. The molecule has 0 aliphatic carbocycles. The van der Waals surface area contributed by atoms with E-state index < -0.39 is 9.84 Å². The van der Waals surface area contributed by atoms with Crippen LogP contribution >= 0.6 is 0 Å². The van der Waals surface area contributed by atoms with Crippen molar-refractivity contribution in [3.8, 4) is 11.5 Å². The van der Waals surface area contributed by atoms with Crippen molar-refractivity contribution in [3.05, 3.63) is 30.7 Å². The smallest absolute Gasteiger partial charge is 0.177 e. The average Bonchev–Trinajstić information content (AvgIpc) is 2.91. The number of imidazole rings is 2. The molecule has 7 heteroatoms. The van der Waals surface area contributed by atoms with Gasteiger partial charge in [0.15, 0.2) is 15.7 Å². The number of aryl methyl sites for hydroxylation is 1. The molecule has 0 bridgehead atoms. The molecular weight excluding hydrogens is 264 g/mol. The van der Waals surface area contributed by atoms with E-state index in [1.165, 1.54) is 6.26 Å². The highest BCUT2D eigenvalue weighted by Crippen LogP contribution is 2.24. The first kappa shape index (κ1) is 11.9. The van der Waals surface area contributed by atoms with E-state index in [1.807, 2.05) is 11.6 Å². The van der Waals surface area contributed by atoms with Crippen LogP contribution in [0.25, 0.3) is 22.6 Å². The van der Waals surface area contributed by atoms with Gasteiger partial charge in [-0.2, -0.15) is 0 Å². The van der Waals surface area contributed by atoms with Gasteiger partial charge in [-0.25, -0.2) is 18.4 Å². The second kappa shape index (κ2) is 3.92. The zero-order chi connectivity index (χ0) is 13.6. The number of aromatic amines is 1. The molecule has 0 fully saturated rings. The lowest BCUT2D eigenvalue weighted by molar-refractivity contribution is 0.602. The van der Waals surface area contributed by atoms with Crippen LogP contribution in [-0.4, -0.2) is 34.2 Å². The molecular formula is C12H12N4O2S. The Kier molecular flexibility index (Phi) is 2.46. The minimum Gasteiger partial charge on any atom is -0.337 e. The molecule has 0 spiro atoms. The van der Waals surface area contributed by atoms with Gasteiger partial charge in [0.2, 0.25) is 0 Å². The van der Waals surface area contributed by atoms with E-state index in [-0.39, 0.29) is 4.90 Å². The zero-order valence-electron chi connectivity index (χ0n) is 10.5. The summed E-state index contributed by atoms with van der Waals surface area (Å²) in [4.78, 5) is 11.8. The van der Waals surface area contributed by atoms with Crippen LogP contribution in [0, 0.1) is 0 Å². The van der Waals surface area contributed by atoms with Gasteiger partial charge in [0.25, 0.3) is 0 Å². The fraction of sp³-hybridized carbons (Fsp3) is 0.167. The highest BCUT2D eigenvalue weighted by molar-refractivity contribution is 7.91. The van der Waals surface area contributed by atoms with Gasteiger partial charge in [0, 0.05) is 13.3 Å². The van der Waals surface area contributed by atoms with Crippen LogP contribution in [0.2, 0.25) is 0 Å². The molecule has 0 saturated heterocycles. The van der Waals surface area contributed by atoms with E-state index in [0.29, 0.717) is 16.9 Å². The Balaban J connectivity index is 2.31. The molecule has 3 rings (SSSR count). The third-order valence-electron chi connectivity index (χ3n) is 2.93. The number of para-hydroxylation sites is 1. The highest BCUT2D eigenvalue weighted by atomic mass is 32.2. The van der Waals surface area contributed by atoms with Gasteiger partial charge in [-0.15, -0.1) is 0 Å². The minimum atomic E-state index is -3.30. The number of rotatable bonds is 2. The van der Waals surface area contributed by atoms with Crippen LogP contribution in [0.1, 0.15) is 0 Å². The van der Waals surface area contributed by atoms with Gasteiger partial charge in [0.05, 0.1) is 22.9 Å². The van der Waals surface area contributed by atoms with E-state index in [4.69, 9.17) is 0 Å². The molecule has 98 valence electrons. The average molecular weight is 276 g/mol. The standard InChI is InChI=1S/C12H12N4O2S/c1-16-7-13-6-9(16)12-14-8-4-3-5-10(11(8)15-12)19(2,17)18/h3-7H,1-2H3,(H,14,15).